The highest BCUT2D eigenvalue weighted by molar-refractivity contribution is 5.78. The molecule has 0 aliphatic rings. The summed E-state index contributed by atoms with van der Waals surface area (Å²) in [6.45, 7) is 6.41. The summed E-state index contributed by atoms with van der Waals surface area (Å²) in [5.74, 6) is 0.0109. The third kappa shape index (κ3) is 3.72. The molecule has 0 aromatic carbocycles. The van der Waals surface area contributed by atoms with Crippen LogP contribution in [-0.4, -0.2) is 18.5 Å². The molecule has 1 amide bonds. The van der Waals surface area contributed by atoms with Crippen molar-refractivity contribution in [3.63, 3.8) is 0 Å². The Balaban J connectivity index is 3.81. The average Bonchev–Trinajstić information content (AvgIpc) is 2.12. The van der Waals surface area contributed by atoms with E-state index in [9.17, 15) is 4.79 Å². The van der Waals surface area contributed by atoms with E-state index in [0.29, 0.717) is 12.6 Å². The summed E-state index contributed by atoms with van der Waals surface area (Å²) in [6.07, 6.45) is 1.97. The molecule has 72 valence electrons. The van der Waals surface area contributed by atoms with Crippen LogP contribution in [0.4, 0.5) is 0 Å². The molecule has 0 aliphatic heterocycles. The molecular formula is C9H20N2O. The van der Waals surface area contributed by atoms with Crippen molar-refractivity contribution >= 4 is 5.91 Å². The topological polar surface area (TPSA) is 55.1 Å². The van der Waals surface area contributed by atoms with Crippen molar-refractivity contribution in [2.24, 2.45) is 11.7 Å². The van der Waals surface area contributed by atoms with Crippen molar-refractivity contribution in [3.05, 3.63) is 0 Å². The number of carbonyl (C=O) groups excluding carboxylic acids is 1. The van der Waals surface area contributed by atoms with Crippen LogP contribution in [0.25, 0.3) is 0 Å². The first-order valence-electron chi connectivity index (χ1n) is 4.66. The molecular weight excluding hydrogens is 152 g/mol. The number of carbonyl (C=O) groups is 1. The molecule has 0 saturated carbocycles. The van der Waals surface area contributed by atoms with Gasteiger partial charge < -0.3 is 11.1 Å². The Kier molecular flexibility index (Phi) is 5.72. The minimum Gasteiger partial charge on any atom is -0.353 e. The summed E-state index contributed by atoms with van der Waals surface area (Å²) in [5, 5.41) is 2.95. The zero-order chi connectivity index (χ0) is 9.56. The molecule has 0 saturated heterocycles. The lowest BCUT2D eigenvalue weighted by Gasteiger charge is -2.17. The molecule has 0 rings (SSSR count). The number of nitrogens with one attached hydrogen (secondary N) is 1. The summed E-state index contributed by atoms with van der Waals surface area (Å²) in [6, 6.07) is 0.312. The van der Waals surface area contributed by atoms with Crippen LogP contribution in [0.5, 0.6) is 0 Å². The van der Waals surface area contributed by atoms with Crippen LogP contribution in [0.3, 0.4) is 0 Å². The smallest absolute Gasteiger partial charge is 0.224 e. The van der Waals surface area contributed by atoms with E-state index in [0.717, 1.165) is 12.8 Å². The zero-order valence-electron chi connectivity index (χ0n) is 8.26. The Morgan fingerprint density at radius 3 is 2.25 bits per heavy atom. The summed E-state index contributed by atoms with van der Waals surface area (Å²) in [5.41, 5.74) is 5.37. The molecule has 0 aromatic heterocycles. The Morgan fingerprint density at radius 1 is 1.42 bits per heavy atom. The van der Waals surface area contributed by atoms with E-state index < -0.39 is 0 Å². The standard InChI is InChI=1S/C9H20N2O/c1-4-8(5-2)11-9(12)7(3)6-10/h7-8H,4-6,10H2,1-3H3,(H,11,12). The fourth-order valence-electron chi connectivity index (χ4n) is 0.943. The van der Waals surface area contributed by atoms with Crippen molar-refractivity contribution in [3.8, 4) is 0 Å². The van der Waals surface area contributed by atoms with E-state index in [-0.39, 0.29) is 11.8 Å². The monoisotopic (exact) mass is 172 g/mol. The van der Waals surface area contributed by atoms with Crippen molar-refractivity contribution in [1.82, 2.24) is 5.32 Å². The fourth-order valence-corrected chi connectivity index (χ4v) is 0.943. The molecule has 12 heavy (non-hydrogen) atoms. The molecule has 3 nitrogen and oxygen atoms in total. The Bertz CT molecular complexity index is 132. The lowest BCUT2D eigenvalue weighted by molar-refractivity contribution is -0.124. The normalized spacial score (nSPS) is 13.1. The third-order valence-electron chi connectivity index (χ3n) is 2.13. The number of hydrogen-bond donors (Lipinski definition) is 2. The van der Waals surface area contributed by atoms with Gasteiger partial charge in [0.15, 0.2) is 0 Å². The molecule has 0 heterocycles. The van der Waals surface area contributed by atoms with Gasteiger partial charge in [-0.2, -0.15) is 0 Å². The van der Waals surface area contributed by atoms with Crippen LogP contribution in [0, 0.1) is 5.92 Å². The molecule has 0 aliphatic carbocycles. The molecule has 3 heteroatoms. The largest absolute Gasteiger partial charge is 0.353 e. The minimum absolute atomic E-state index is 0.0643. The van der Waals surface area contributed by atoms with Gasteiger partial charge in [0.05, 0.1) is 0 Å². The maximum Gasteiger partial charge on any atom is 0.224 e. The second-order valence-electron chi connectivity index (χ2n) is 3.16. The molecule has 0 bridgehead atoms. The van der Waals surface area contributed by atoms with Gasteiger partial charge in [0.1, 0.15) is 0 Å². The highest BCUT2D eigenvalue weighted by Gasteiger charge is 2.13. The van der Waals surface area contributed by atoms with Gasteiger partial charge in [-0.25, -0.2) is 0 Å². The van der Waals surface area contributed by atoms with E-state index in [4.69, 9.17) is 5.73 Å². The Hall–Kier alpha value is -0.570. The highest BCUT2D eigenvalue weighted by Crippen LogP contribution is 1.99. The SMILES string of the molecule is CCC(CC)NC(=O)C(C)CN. The van der Waals surface area contributed by atoms with Crippen LogP contribution < -0.4 is 11.1 Å². The first kappa shape index (κ1) is 11.4. The van der Waals surface area contributed by atoms with E-state index in [1.165, 1.54) is 0 Å². The summed E-state index contributed by atoms with van der Waals surface area (Å²) in [4.78, 5) is 11.3. The van der Waals surface area contributed by atoms with E-state index >= 15 is 0 Å². The van der Waals surface area contributed by atoms with Gasteiger partial charge in [0.2, 0.25) is 5.91 Å². The zero-order valence-corrected chi connectivity index (χ0v) is 8.26. The van der Waals surface area contributed by atoms with Gasteiger partial charge in [0, 0.05) is 18.5 Å². The average molecular weight is 172 g/mol. The number of nitrogens with two attached hydrogens (primary N) is 1. The van der Waals surface area contributed by atoms with Gasteiger partial charge in [0.25, 0.3) is 0 Å². The molecule has 0 radical (unpaired) electrons. The maximum atomic E-state index is 11.3. The van der Waals surface area contributed by atoms with Crippen LogP contribution in [0.2, 0.25) is 0 Å². The molecule has 1 unspecified atom stereocenters. The van der Waals surface area contributed by atoms with Crippen molar-refractivity contribution < 1.29 is 4.79 Å². The quantitative estimate of drug-likeness (QED) is 0.647. The van der Waals surface area contributed by atoms with Gasteiger partial charge in [-0.3, -0.25) is 4.79 Å². The van der Waals surface area contributed by atoms with E-state index in [1.807, 2.05) is 6.92 Å². The summed E-state index contributed by atoms with van der Waals surface area (Å²) in [7, 11) is 0. The van der Waals surface area contributed by atoms with Gasteiger partial charge >= 0.3 is 0 Å². The second kappa shape index (κ2) is 6.00. The number of rotatable bonds is 5. The van der Waals surface area contributed by atoms with Gasteiger partial charge in [-0.1, -0.05) is 20.8 Å². The first-order valence-corrected chi connectivity index (χ1v) is 4.66. The van der Waals surface area contributed by atoms with Crippen LogP contribution in [0.15, 0.2) is 0 Å². The number of hydrogen-bond acceptors (Lipinski definition) is 2. The van der Waals surface area contributed by atoms with E-state index in [2.05, 4.69) is 19.2 Å². The predicted octanol–water partition coefficient (Wildman–Crippen LogP) is 0.886. The summed E-state index contributed by atoms with van der Waals surface area (Å²) < 4.78 is 0. The molecule has 0 fully saturated rings. The highest BCUT2D eigenvalue weighted by atomic mass is 16.1. The molecule has 0 spiro atoms. The van der Waals surface area contributed by atoms with Crippen molar-refractivity contribution in [1.29, 1.82) is 0 Å². The minimum atomic E-state index is -0.0643. The van der Waals surface area contributed by atoms with Crippen LogP contribution >= 0.6 is 0 Å². The molecule has 0 aromatic rings. The fraction of sp³-hybridized carbons (Fsp3) is 0.889. The molecule has 1 atom stereocenters. The van der Waals surface area contributed by atoms with Crippen molar-refractivity contribution in [2.75, 3.05) is 6.54 Å². The maximum absolute atomic E-state index is 11.3. The lowest BCUT2D eigenvalue weighted by Crippen LogP contribution is -2.39. The lowest BCUT2D eigenvalue weighted by atomic mass is 10.1. The predicted molar refractivity (Wildman–Crippen MR) is 50.7 cm³/mol. The van der Waals surface area contributed by atoms with Crippen molar-refractivity contribution in [2.45, 2.75) is 39.7 Å². The van der Waals surface area contributed by atoms with Crippen LogP contribution in [-0.2, 0) is 4.79 Å². The Morgan fingerprint density at radius 2 is 1.92 bits per heavy atom. The van der Waals surface area contributed by atoms with Crippen LogP contribution in [0.1, 0.15) is 33.6 Å². The Labute approximate surface area is 74.7 Å². The van der Waals surface area contributed by atoms with Gasteiger partial charge in [-0.15, -0.1) is 0 Å². The summed E-state index contributed by atoms with van der Waals surface area (Å²) >= 11 is 0. The molecule has 3 N–H and O–H groups in total. The second-order valence-corrected chi connectivity index (χ2v) is 3.16. The third-order valence-corrected chi connectivity index (χ3v) is 2.13. The number of amides is 1. The first-order chi connectivity index (χ1) is 5.65. The van der Waals surface area contributed by atoms with Gasteiger partial charge in [-0.05, 0) is 12.8 Å². The van der Waals surface area contributed by atoms with E-state index in [1.54, 1.807) is 0 Å².